The van der Waals surface area contributed by atoms with Gasteiger partial charge in [-0.3, -0.25) is 5.32 Å². The molecule has 80 valence electrons. The van der Waals surface area contributed by atoms with E-state index in [9.17, 15) is 4.79 Å². The first kappa shape index (κ1) is 11.1. The Morgan fingerprint density at radius 2 is 2.00 bits per heavy atom. The molecule has 1 amide bonds. The van der Waals surface area contributed by atoms with Crippen molar-refractivity contribution in [2.24, 2.45) is 0 Å². The lowest BCUT2D eigenvalue weighted by Gasteiger charge is -2.06. The molecule has 1 rings (SSSR count). The van der Waals surface area contributed by atoms with Crippen LogP contribution >= 0.6 is 0 Å². The summed E-state index contributed by atoms with van der Waals surface area (Å²) in [5.41, 5.74) is 1.68. The summed E-state index contributed by atoms with van der Waals surface area (Å²) in [6.45, 7) is 4.32. The van der Waals surface area contributed by atoms with Gasteiger partial charge in [0.2, 0.25) is 0 Å². The second-order valence-electron chi connectivity index (χ2n) is 2.86. The Hall–Kier alpha value is -1.97. The molecule has 4 heteroatoms. The number of hydrogen-bond acceptors (Lipinski definition) is 3. The lowest BCUT2D eigenvalue weighted by Crippen LogP contribution is -2.10. The zero-order chi connectivity index (χ0) is 11.1. The Labute approximate surface area is 88.9 Å². The highest BCUT2D eigenvalue weighted by molar-refractivity contribution is 5.84. The molecule has 0 saturated heterocycles. The molecule has 0 aliphatic carbocycles. The number of hydrogen-bond donors (Lipinski definition) is 2. The predicted octanol–water partition coefficient (Wildman–Crippen LogP) is 2.46. The molecule has 0 heterocycles. The molecule has 0 fully saturated rings. The minimum absolute atomic E-state index is 0.471. The highest BCUT2D eigenvalue weighted by atomic mass is 16.5. The van der Waals surface area contributed by atoms with Crippen LogP contribution < -0.4 is 10.6 Å². The van der Waals surface area contributed by atoms with Crippen LogP contribution in [0.15, 0.2) is 36.9 Å². The molecule has 0 aliphatic heterocycles. The molecule has 0 atom stereocenters. The van der Waals surface area contributed by atoms with E-state index in [1.807, 2.05) is 12.1 Å². The zero-order valence-corrected chi connectivity index (χ0v) is 8.62. The third-order valence-electron chi connectivity index (χ3n) is 1.77. The summed E-state index contributed by atoms with van der Waals surface area (Å²) in [5.74, 6) is 0. The van der Waals surface area contributed by atoms with Gasteiger partial charge in [-0.25, -0.2) is 4.79 Å². The number of anilines is 2. The van der Waals surface area contributed by atoms with Gasteiger partial charge in [0.25, 0.3) is 0 Å². The van der Waals surface area contributed by atoms with Gasteiger partial charge in [0.1, 0.15) is 0 Å². The van der Waals surface area contributed by atoms with Gasteiger partial charge in [0, 0.05) is 17.9 Å². The Bertz CT molecular complexity index is 333. The molecule has 1 aromatic carbocycles. The normalized spacial score (nSPS) is 9.13. The van der Waals surface area contributed by atoms with Crippen LogP contribution in [-0.4, -0.2) is 19.7 Å². The standard InChI is InChI=1S/C11H14N2O2/c1-3-8-12-9-4-6-10(7-5-9)13-11(14)15-2/h3-7,12H,1,8H2,2H3,(H,13,14). The van der Waals surface area contributed by atoms with Gasteiger partial charge in [-0.15, -0.1) is 6.58 Å². The summed E-state index contributed by atoms with van der Waals surface area (Å²) >= 11 is 0. The molecule has 0 spiro atoms. The topological polar surface area (TPSA) is 50.4 Å². The fraction of sp³-hybridized carbons (Fsp3) is 0.182. The smallest absolute Gasteiger partial charge is 0.411 e. The van der Waals surface area contributed by atoms with Crippen molar-refractivity contribution in [2.75, 3.05) is 24.3 Å². The summed E-state index contributed by atoms with van der Waals surface area (Å²) in [4.78, 5) is 10.9. The minimum atomic E-state index is -0.471. The molecule has 1 aromatic rings. The average molecular weight is 206 g/mol. The number of methoxy groups -OCH3 is 1. The van der Waals surface area contributed by atoms with Crippen molar-refractivity contribution in [3.05, 3.63) is 36.9 Å². The number of rotatable bonds is 4. The molecule has 15 heavy (non-hydrogen) atoms. The number of carbonyl (C=O) groups is 1. The van der Waals surface area contributed by atoms with Crippen molar-refractivity contribution in [2.45, 2.75) is 0 Å². The Morgan fingerprint density at radius 3 is 2.53 bits per heavy atom. The van der Waals surface area contributed by atoms with E-state index >= 15 is 0 Å². The van der Waals surface area contributed by atoms with E-state index in [4.69, 9.17) is 0 Å². The van der Waals surface area contributed by atoms with Gasteiger partial charge in [-0.1, -0.05) is 6.08 Å². The van der Waals surface area contributed by atoms with Gasteiger partial charge >= 0.3 is 6.09 Å². The molecule has 4 nitrogen and oxygen atoms in total. The summed E-state index contributed by atoms with van der Waals surface area (Å²) in [6.07, 6.45) is 1.31. The van der Waals surface area contributed by atoms with E-state index in [1.165, 1.54) is 7.11 Å². The Kier molecular flexibility index (Phi) is 4.22. The minimum Gasteiger partial charge on any atom is -0.453 e. The number of benzene rings is 1. The fourth-order valence-corrected chi connectivity index (χ4v) is 1.03. The molecular weight excluding hydrogens is 192 g/mol. The third kappa shape index (κ3) is 3.72. The quantitative estimate of drug-likeness (QED) is 0.744. The van der Waals surface area contributed by atoms with Crippen LogP contribution in [-0.2, 0) is 4.74 Å². The van der Waals surface area contributed by atoms with E-state index < -0.39 is 6.09 Å². The monoisotopic (exact) mass is 206 g/mol. The van der Waals surface area contributed by atoms with Crippen LogP contribution in [0.4, 0.5) is 16.2 Å². The third-order valence-corrected chi connectivity index (χ3v) is 1.77. The van der Waals surface area contributed by atoms with E-state index in [0.29, 0.717) is 12.2 Å². The Balaban J connectivity index is 2.55. The van der Waals surface area contributed by atoms with E-state index in [-0.39, 0.29) is 0 Å². The summed E-state index contributed by atoms with van der Waals surface area (Å²) in [5, 5.41) is 5.69. The second-order valence-corrected chi connectivity index (χ2v) is 2.86. The van der Waals surface area contributed by atoms with Crippen molar-refractivity contribution in [3.8, 4) is 0 Å². The van der Waals surface area contributed by atoms with Crippen LogP contribution in [0.2, 0.25) is 0 Å². The summed E-state index contributed by atoms with van der Waals surface area (Å²) in [6, 6.07) is 7.33. The number of nitrogens with one attached hydrogen (secondary N) is 2. The van der Waals surface area contributed by atoms with E-state index in [1.54, 1.807) is 18.2 Å². The van der Waals surface area contributed by atoms with Gasteiger partial charge < -0.3 is 10.1 Å². The van der Waals surface area contributed by atoms with Crippen molar-refractivity contribution < 1.29 is 9.53 Å². The molecule has 0 saturated carbocycles. The highest BCUT2D eigenvalue weighted by Gasteiger charge is 1.99. The summed E-state index contributed by atoms with van der Waals surface area (Å²) < 4.78 is 4.47. The maximum Gasteiger partial charge on any atom is 0.411 e. The van der Waals surface area contributed by atoms with E-state index in [2.05, 4.69) is 21.9 Å². The van der Waals surface area contributed by atoms with Crippen molar-refractivity contribution in [3.63, 3.8) is 0 Å². The van der Waals surface area contributed by atoms with Crippen LogP contribution in [0.1, 0.15) is 0 Å². The lowest BCUT2D eigenvalue weighted by atomic mass is 10.3. The van der Waals surface area contributed by atoms with Crippen LogP contribution in [0.25, 0.3) is 0 Å². The first-order chi connectivity index (χ1) is 7.26. The molecular formula is C11H14N2O2. The maximum absolute atomic E-state index is 10.9. The molecule has 2 N–H and O–H groups in total. The van der Waals surface area contributed by atoms with Crippen LogP contribution in [0.5, 0.6) is 0 Å². The first-order valence-electron chi connectivity index (χ1n) is 4.56. The highest BCUT2D eigenvalue weighted by Crippen LogP contribution is 2.13. The van der Waals surface area contributed by atoms with E-state index in [0.717, 1.165) is 5.69 Å². The number of carbonyl (C=O) groups excluding carboxylic acids is 1. The zero-order valence-electron chi connectivity index (χ0n) is 8.62. The maximum atomic E-state index is 10.9. The van der Waals surface area contributed by atoms with Crippen molar-refractivity contribution in [1.29, 1.82) is 0 Å². The lowest BCUT2D eigenvalue weighted by molar-refractivity contribution is 0.187. The largest absolute Gasteiger partial charge is 0.453 e. The number of ether oxygens (including phenoxy) is 1. The van der Waals surface area contributed by atoms with Crippen molar-refractivity contribution >= 4 is 17.5 Å². The first-order valence-corrected chi connectivity index (χ1v) is 4.56. The fourth-order valence-electron chi connectivity index (χ4n) is 1.03. The van der Waals surface area contributed by atoms with Gasteiger partial charge in [-0.05, 0) is 24.3 Å². The average Bonchev–Trinajstić information content (AvgIpc) is 2.28. The summed E-state index contributed by atoms with van der Waals surface area (Å²) in [7, 11) is 1.33. The van der Waals surface area contributed by atoms with Crippen LogP contribution in [0.3, 0.4) is 0 Å². The Morgan fingerprint density at radius 1 is 1.40 bits per heavy atom. The van der Waals surface area contributed by atoms with Crippen LogP contribution in [0, 0.1) is 0 Å². The van der Waals surface area contributed by atoms with Gasteiger partial charge in [0.05, 0.1) is 7.11 Å². The molecule has 0 aromatic heterocycles. The molecule has 0 unspecified atom stereocenters. The molecule has 0 radical (unpaired) electrons. The van der Waals surface area contributed by atoms with Crippen molar-refractivity contribution in [1.82, 2.24) is 0 Å². The molecule has 0 aliphatic rings. The van der Waals surface area contributed by atoms with Gasteiger partial charge in [-0.2, -0.15) is 0 Å². The number of amides is 1. The second kappa shape index (κ2) is 5.70. The SMILES string of the molecule is C=CCNc1ccc(NC(=O)OC)cc1. The van der Waals surface area contributed by atoms with Gasteiger partial charge in [0.15, 0.2) is 0 Å². The molecule has 0 bridgehead atoms. The predicted molar refractivity (Wildman–Crippen MR) is 61.2 cm³/mol.